The highest BCUT2D eigenvalue weighted by atomic mass is 16.5. The molecule has 3 atom stereocenters. The number of piperidine rings is 1. The number of nitrogens with zero attached hydrogens (tertiary/aromatic N) is 2. The summed E-state index contributed by atoms with van der Waals surface area (Å²) in [7, 11) is 0. The lowest BCUT2D eigenvalue weighted by Gasteiger charge is -2.39. The number of carbonyl (C=O) groups is 3. The Balaban J connectivity index is 1.70. The lowest BCUT2D eigenvalue weighted by molar-refractivity contribution is -0.154. The highest BCUT2D eigenvalue weighted by Crippen LogP contribution is 2.21. The van der Waals surface area contributed by atoms with Crippen LogP contribution in [0.5, 0.6) is 0 Å². The molecule has 0 aromatic carbocycles. The summed E-state index contributed by atoms with van der Waals surface area (Å²) in [5.74, 6) is -0.910. The van der Waals surface area contributed by atoms with Crippen LogP contribution in [0.2, 0.25) is 0 Å². The van der Waals surface area contributed by atoms with Gasteiger partial charge in [0.05, 0.1) is 6.54 Å². The second kappa shape index (κ2) is 8.46. The van der Waals surface area contributed by atoms with E-state index in [4.69, 9.17) is 4.74 Å². The van der Waals surface area contributed by atoms with Gasteiger partial charge < -0.3 is 15.0 Å². The Hall–Kier alpha value is -1.63. The predicted octanol–water partition coefficient (Wildman–Crippen LogP) is 0.530. The molecular weight excluding hydrogens is 310 g/mol. The molecule has 2 heterocycles. The van der Waals surface area contributed by atoms with E-state index in [1.807, 2.05) is 0 Å². The van der Waals surface area contributed by atoms with Crippen LogP contribution in [0.4, 0.5) is 0 Å². The minimum absolute atomic E-state index is 0.0295. The lowest BCUT2D eigenvalue weighted by atomic mass is 9.98. The zero-order valence-corrected chi connectivity index (χ0v) is 14.9. The number of rotatable bonds is 6. The Kier molecular flexibility index (Phi) is 6.60. The molecule has 2 aliphatic rings. The average molecular weight is 339 g/mol. The Morgan fingerprint density at radius 2 is 1.88 bits per heavy atom. The van der Waals surface area contributed by atoms with Crippen LogP contribution in [0, 0.1) is 0 Å². The highest BCUT2D eigenvalue weighted by molar-refractivity contribution is 5.89. The number of hydrogen-bond acceptors (Lipinski definition) is 5. The standard InChI is InChI=1S/C17H29N3O4/c1-12-5-4-6-13(2)20(12)10-8-18-16(22)11-19-9-7-15(17(19)23)24-14(3)21/h12-13,15H,4-11H2,1-3H3,(H,18,22)/t12-,13+,15?. The maximum absolute atomic E-state index is 12.0. The van der Waals surface area contributed by atoms with Gasteiger partial charge in [0, 0.05) is 45.1 Å². The van der Waals surface area contributed by atoms with Gasteiger partial charge in [-0.3, -0.25) is 19.3 Å². The van der Waals surface area contributed by atoms with E-state index < -0.39 is 12.1 Å². The molecule has 1 unspecified atom stereocenters. The second-order valence-corrected chi connectivity index (χ2v) is 6.86. The molecule has 2 fully saturated rings. The summed E-state index contributed by atoms with van der Waals surface area (Å²) < 4.78 is 4.95. The van der Waals surface area contributed by atoms with Gasteiger partial charge in [0.1, 0.15) is 0 Å². The van der Waals surface area contributed by atoms with Gasteiger partial charge in [0.25, 0.3) is 5.91 Å². The molecule has 2 rings (SSSR count). The molecule has 2 amide bonds. The summed E-state index contributed by atoms with van der Waals surface area (Å²) in [6.07, 6.45) is 3.40. The molecule has 0 aromatic rings. The van der Waals surface area contributed by atoms with E-state index in [0.29, 0.717) is 31.6 Å². The van der Waals surface area contributed by atoms with Crippen LogP contribution in [0.1, 0.15) is 46.5 Å². The Bertz CT molecular complexity index is 472. The lowest BCUT2D eigenvalue weighted by Crippen LogP contribution is -2.48. The molecule has 2 aliphatic heterocycles. The molecule has 0 aromatic heterocycles. The van der Waals surface area contributed by atoms with Crippen molar-refractivity contribution in [1.82, 2.24) is 15.1 Å². The first kappa shape index (κ1) is 18.7. The zero-order chi connectivity index (χ0) is 17.7. The Labute approximate surface area is 143 Å². The van der Waals surface area contributed by atoms with Crippen LogP contribution in [-0.4, -0.2) is 72.0 Å². The van der Waals surface area contributed by atoms with Crippen LogP contribution in [-0.2, 0) is 19.1 Å². The van der Waals surface area contributed by atoms with E-state index in [-0.39, 0.29) is 18.4 Å². The monoisotopic (exact) mass is 339 g/mol. The van der Waals surface area contributed by atoms with Crippen molar-refractivity contribution in [2.75, 3.05) is 26.2 Å². The summed E-state index contributed by atoms with van der Waals surface area (Å²) in [5.41, 5.74) is 0. The third-order valence-electron chi connectivity index (χ3n) is 4.96. The maximum Gasteiger partial charge on any atom is 0.303 e. The Morgan fingerprint density at radius 3 is 2.50 bits per heavy atom. The quantitative estimate of drug-likeness (QED) is 0.714. The number of carbonyl (C=O) groups excluding carboxylic acids is 3. The van der Waals surface area contributed by atoms with Crippen molar-refractivity contribution in [3.05, 3.63) is 0 Å². The van der Waals surface area contributed by atoms with Crippen LogP contribution >= 0.6 is 0 Å². The number of esters is 1. The number of ether oxygens (including phenoxy) is 1. The minimum Gasteiger partial charge on any atom is -0.452 e. The van der Waals surface area contributed by atoms with Crippen LogP contribution < -0.4 is 5.32 Å². The van der Waals surface area contributed by atoms with E-state index in [9.17, 15) is 14.4 Å². The fourth-order valence-corrected chi connectivity index (χ4v) is 3.65. The summed E-state index contributed by atoms with van der Waals surface area (Å²) in [6.45, 7) is 7.64. The molecule has 2 saturated heterocycles. The van der Waals surface area contributed by atoms with Gasteiger partial charge in [-0.15, -0.1) is 0 Å². The van der Waals surface area contributed by atoms with E-state index >= 15 is 0 Å². The van der Waals surface area contributed by atoms with Crippen molar-refractivity contribution in [3.8, 4) is 0 Å². The molecule has 0 spiro atoms. The molecule has 0 radical (unpaired) electrons. The van der Waals surface area contributed by atoms with Gasteiger partial charge in [-0.1, -0.05) is 6.42 Å². The SMILES string of the molecule is CC(=O)OC1CCN(CC(=O)NCCN2[C@H](C)CCC[C@@H]2C)C1=O. The topological polar surface area (TPSA) is 79.0 Å². The van der Waals surface area contributed by atoms with E-state index in [0.717, 1.165) is 6.54 Å². The van der Waals surface area contributed by atoms with Gasteiger partial charge in [-0.25, -0.2) is 0 Å². The molecule has 0 bridgehead atoms. The molecular formula is C17H29N3O4. The first-order valence-electron chi connectivity index (χ1n) is 8.87. The smallest absolute Gasteiger partial charge is 0.303 e. The molecule has 7 nitrogen and oxygen atoms in total. The number of hydrogen-bond donors (Lipinski definition) is 1. The highest BCUT2D eigenvalue weighted by Gasteiger charge is 2.34. The third kappa shape index (κ3) is 4.93. The number of nitrogens with one attached hydrogen (secondary N) is 1. The van der Waals surface area contributed by atoms with Crippen molar-refractivity contribution in [3.63, 3.8) is 0 Å². The van der Waals surface area contributed by atoms with E-state index in [2.05, 4.69) is 24.1 Å². The summed E-state index contributed by atoms with van der Waals surface area (Å²) in [5, 5.41) is 2.89. The molecule has 7 heteroatoms. The minimum atomic E-state index is -0.731. The molecule has 136 valence electrons. The van der Waals surface area contributed by atoms with Gasteiger partial charge in [0.15, 0.2) is 6.10 Å². The van der Waals surface area contributed by atoms with Gasteiger partial charge >= 0.3 is 5.97 Å². The molecule has 0 aliphatic carbocycles. The fourth-order valence-electron chi connectivity index (χ4n) is 3.65. The predicted molar refractivity (Wildman–Crippen MR) is 89.2 cm³/mol. The van der Waals surface area contributed by atoms with Gasteiger partial charge in [-0.05, 0) is 26.7 Å². The van der Waals surface area contributed by atoms with Crippen molar-refractivity contribution < 1.29 is 19.1 Å². The second-order valence-electron chi connectivity index (χ2n) is 6.86. The number of likely N-dealkylation sites (tertiary alicyclic amines) is 2. The summed E-state index contributed by atoms with van der Waals surface area (Å²) in [6, 6.07) is 1.10. The van der Waals surface area contributed by atoms with Gasteiger partial charge in [-0.2, -0.15) is 0 Å². The van der Waals surface area contributed by atoms with Crippen molar-refractivity contribution in [2.24, 2.45) is 0 Å². The van der Waals surface area contributed by atoms with Crippen molar-refractivity contribution in [1.29, 1.82) is 0 Å². The third-order valence-corrected chi connectivity index (χ3v) is 4.96. The first-order chi connectivity index (χ1) is 11.4. The summed E-state index contributed by atoms with van der Waals surface area (Å²) >= 11 is 0. The van der Waals surface area contributed by atoms with E-state index in [1.165, 1.54) is 31.1 Å². The maximum atomic E-state index is 12.0. The van der Waals surface area contributed by atoms with Crippen molar-refractivity contribution >= 4 is 17.8 Å². The first-order valence-corrected chi connectivity index (χ1v) is 8.87. The van der Waals surface area contributed by atoms with Gasteiger partial charge in [0.2, 0.25) is 5.91 Å². The zero-order valence-electron chi connectivity index (χ0n) is 14.9. The van der Waals surface area contributed by atoms with Crippen LogP contribution in [0.3, 0.4) is 0 Å². The molecule has 24 heavy (non-hydrogen) atoms. The Morgan fingerprint density at radius 1 is 1.21 bits per heavy atom. The van der Waals surface area contributed by atoms with Crippen LogP contribution in [0.15, 0.2) is 0 Å². The number of amides is 2. The van der Waals surface area contributed by atoms with E-state index in [1.54, 1.807) is 0 Å². The molecule has 1 N–H and O–H groups in total. The van der Waals surface area contributed by atoms with Crippen molar-refractivity contribution in [2.45, 2.75) is 64.6 Å². The summed E-state index contributed by atoms with van der Waals surface area (Å²) in [4.78, 5) is 38.9. The van der Waals surface area contributed by atoms with Crippen LogP contribution in [0.25, 0.3) is 0 Å². The average Bonchev–Trinajstić information content (AvgIpc) is 2.83. The molecule has 0 saturated carbocycles. The largest absolute Gasteiger partial charge is 0.452 e. The fraction of sp³-hybridized carbons (Fsp3) is 0.824. The normalized spacial score (nSPS) is 28.0.